The van der Waals surface area contributed by atoms with Gasteiger partial charge in [0.25, 0.3) is 0 Å². The number of fused-ring (bicyclic) bond motifs is 2. The van der Waals surface area contributed by atoms with E-state index in [0.29, 0.717) is 30.7 Å². The van der Waals surface area contributed by atoms with E-state index in [0.717, 1.165) is 6.54 Å². The van der Waals surface area contributed by atoms with Crippen molar-refractivity contribution in [3.63, 3.8) is 0 Å². The molecule has 3 rings (SSSR count). The van der Waals surface area contributed by atoms with Gasteiger partial charge in [-0.3, -0.25) is 9.69 Å². The van der Waals surface area contributed by atoms with Gasteiger partial charge in [0.1, 0.15) is 0 Å². The molecule has 1 saturated carbocycles. The zero-order valence-electron chi connectivity index (χ0n) is 13.4. The first-order valence-corrected chi connectivity index (χ1v) is 9.04. The van der Waals surface area contributed by atoms with Crippen LogP contribution in [-0.2, 0) is 4.79 Å². The number of likely N-dealkylation sites (N-methyl/N-ethyl adjacent to an activating group) is 1. The second-order valence-corrected chi connectivity index (χ2v) is 7.23. The van der Waals surface area contributed by atoms with E-state index in [-0.39, 0.29) is 5.91 Å². The van der Waals surface area contributed by atoms with Crippen LogP contribution in [0.3, 0.4) is 0 Å². The van der Waals surface area contributed by atoms with Crippen molar-refractivity contribution in [2.75, 3.05) is 13.1 Å². The SMILES string of the molecule is CCN(CC(=O)NC1CCCCC1)C1CC2CCC(C1)N2. The first-order valence-electron chi connectivity index (χ1n) is 9.04. The van der Waals surface area contributed by atoms with Crippen molar-refractivity contribution in [3.8, 4) is 0 Å². The zero-order chi connectivity index (χ0) is 14.7. The maximum atomic E-state index is 12.3. The molecule has 4 nitrogen and oxygen atoms in total. The number of hydrogen-bond donors (Lipinski definition) is 2. The van der Waals surface area contributed by atoms with E-state index < -0.39 is 0 Å². The lowest BCUT2D eigenvalue weighted by Crippen LogP contribution is -2.51. The molecule has 21 heavy (non-hydrogen) atoms. The number of carbonyl (C=O) groups excluding carboxylic acids is 1. The fraction of sp³-hybridized carbons (Fsp3) is 0.941. The van der Waals surface area contributed by atoms with Crippen LogP contribution in [0.4, 0.5) is 0 Å². The van der Waals surface area contributed by atoms with Crippen molar-refractivity contribution in [2.45, 2.75) is 88.9 Å². The number of nitrogens with zero attached hydrogens (tertiary/aromatic N) is 1. The van der Waals surface area contributed by atoms with Crippen LogP contribution in [0.2, 0.25) is 0 Å². The van der Waals surface area contributed by atoms with Crippen LogP contribution in [-0.4, -0.2) is 48.1 Å². The van der Waals surface area contributed by atoms with Crippen molar-refractivity contribution < 1.29 is 4.79 Å². The zero-order valence-corrected chi connectivity index (χ0v) is 13.4. The van der Waals surface area contributed by atoms with E-state index in [2.05, 4.69) is 22.5 Å². The molecule has 4 heteroatoms. The Bertz CT molecular complexity index is 342. The van der Waals surface area contributed by atoms with Crippen molar-refractivity contribution in [1.82, 2.24) is 15.5 Å². The summed E-state index contributed by atoms with van der Waals surface area (Å²) in [7, 11) is 0. The van der Waals surface area contributed by atoms with Crippen LogP contribution in [0.15, 0.2) is 0 Å². The molecule has 2 saturated heterocycles. The molecule has 2 atom stereocenters. The Balaban J connectivity index is 1.48. The number of hydrogen-bond acceptors (Lipinski definition) is 3. The molecule has 1 amide bonds. The highest BCUT2D eigenvalue weighted by atomic mass is 16.2. The summed E-state index contributed by atoms with van der Waals surface area (Å²) in [5.41, 5.74) is 0. The molecular weight excluding hydrogens is 262 g/mol. The first-order chi connectivity index (χ1) is 10.2. The maximum absolute atomic E-state index is 12.3. The highest BCUT2D eigenvalue weighted by Gasteiger charge is 2.36. The van der Waals surface area contributed by atoms with Crippen LogP contribution in [0.5, 0.6) is 0 Å². The van der Waals surface area contributed by atoms with Crippen LogP contribution in [0.1, 0.15) is 64.7 Å². The summed E-state index contributed by atoms with van der Waals surface area (Å²) in [6.07, 6.45) is 11.3. The summed E-state index contributed by atoms with van der Waals surface area (Å²) in [6.45, 7) is 3.77. The lowest BCUT2D eigenvalue weighted by atomic mass is 9.95. The van der Waals surface area contributed by atoms with Gasteiger partial charge in [0.2, 0.25) is 5.91 Å². The Morgan fingerprint density at radius 1 is 1.10 bits per heavy atom. The van der Waals surface area contributed by atoms with Crippen molar-refractivity contribution in [3.05, 3.63) is 0 Å². The molecule has 2 aliphatic heterocycles. The Hall–Kier alpha value is -0.610. The number of amides is 1. The first kappa shape index (κ1) is 15.3. The van der Waals surface area contributed by atoms with Gasteiger partial charge in [-0.15, -0.1) is 0 Å². The van der Waals surface area contributed by atoms with Gasteiger partial charge in [-0.05, 0) is 45.1 Å². The van der Waals surface area contributed by atoms with E-state index in [9.17, 15) is 4.79 Å². The lowest BCUT2D eigenvalue weighted by Gasteiger charge is -2.37. The second kappa shape index (κ2) is 7.10. The summed E-state index contributed by atoms with van der Waals surface area (Å²) in [4.78, 5) is 14.7. The molecule has 3 fully saturated rings. The molecule has 0 aromatic heterocycles. The van der Waals surface area contributed by atoms with Gasteiger partial charge in [-0.25, -0.2) is 0 Å². The van der Waals surface area contributed by atoms with Gasteiger partial charge in [-0.2, -0.15) is 0 Å². The Labute approximate surface area is 129 Å². The number of nitrogens with one attached hydrogen (secondary N) is 2. The van der Waals surface area contributed by atoms with E-state index in [4.69, 9.17) is 0 Å². The van der Waals surface area contributed by atoms with Crippen LogP contribution >= 0.6 is 0 Å². The highest BCUT2D eigenvalue weighted by molar-refractivity contribution is 5.78. The minimum Gasteiger partial charge on any atom is -0.352 e. The summed E-state index contributed by atoms with van der Waals surface area (Å²) in [5.74, 6) is 0.245. The molecule has 1 aliphatic carbocycles. The Kier molecular flexibility index (Phi) is 5.17. The molecule has 2 bridgehead atoms. The molecule has 120 valence electrons. The number of carbonyl (C=O) groups is 1. The monoisotopic (exact) mass is 293 g/mol. The highest BCUT2D eigenvalue weighted by Crippen LogP contribution is 2.29. The Morgan fingerprint density at radius 2 is 1.76 bits per heavy atom. The van der Waals surface area contributed by atoms with Gasteiger partial charge in [0.15, 0.2) is 0 Å². The normalized spacial score (nSPS) is 33.3. The minimum atomic E-state index is 0.245. The fourth-order valence-corrected chi connectivity index (χ4v) is 4.53. The van der Waals surface area contributed by atoms with E-state index >= 15 is 0 Å². The quantitative estimate of drug-likeness (QED) is 0.815. The van der Waals surface area contributed by atoms with E-state index in [1.807, 2.05) is 0 Å². The molecule has 2 heterocycles. The topological polar surface area (TPSA) is 44.4 Å². The summed E-state index contributed by atoms with van der Waals surface area (Å²) < 4.78 is 0. The maximum Gasteiger partial charge on any atom is 0.234 e. The summed E-state index contributed by atoms with van der Waals surface area (Å²) >= 11 is 0. The summed E-state index contributed by atoms with van der Waals surface area (Å²) in [5, 5.41) is 6.96. The third-order valence-electron chi connectivity index (χ3n) is 5.69. The largest absolute Gasteiger partial charge is 0.352 e. The predicted molar refractivity (Wildman–Crippen MR) is 85.2 cm³/mol. The van der Waals surface area contributed by atoms with Gasteiger partial charge < -0.3 is 10.6 Å². The Morgan fingerprint density at radius 3 is 2.38 bits per heavy atom. The van der Waals surface area contributed by atoms with E-state index in [1.54, 1.807) is 0 Å². The second-order valence-electron chi connectivity index (χ2n) is 7.23. The van der Waals surface area contributed by atoms with Gasteiger partial charge in [-0.1, -0.05) is 26.2 Å². The van der Waals surface area contributed by atoms with Crippen molar-refractivity contribution >= 4 is 5.91 Å². The fourth-order valence-electron chi connectivity index (χ4n) is 4.53. The minimum absolute atomic E-state index is 0.245. The molecular formula is C17H31N3O. The van der Waals surface area contributed by atoms with Crippen molar-refractivity contribution in [1.29, 1.82) is 0 Å². The number of rotatable bonds is 5. The molecule has 0 radical (unpaired) electrons. The standard InChI is InChI=1S/C17H31N3O/c1-2-20(16-10-14-8-9-15(11-16)18-14)12-17(21)19-13-6-4-3-5-7-13/h13-16,18H,2-12H2,1H3,(H,19,21). The third-order valence-corrected chi connectivity index (χ3v) is 5.69. The van der Waals surface area contributed by atoms with Crippen molar-refractivity contribution in [2.24, 2.45) is 0 Å². The molecule has 0 aromatic carbocycles. The van der Waals surface area contributed by atoms with Crippen LogP contribution in [0, 0.1) is 0 Å². The van der Waals surface area contributed by atoms with Gasteiger partial charge >= 0.3 is 0 Å². The summed E-state index contributed by atoms with van der Waals surface area (Å²) in [6, 6.07) is 2.44. The molecule has 2 unspecified atom stereocenters. The molecule has 0 spiro atoms. The number of piperidine rings is 1. The van der Waals surface area contributed by atoms with Crippen LogP contribution < -0.4 is 10.6 Å². The smallest absolute Gasteiger partial charge is 0.234 e. The van der Waals surface area contributed by atoms with Gasteiger partial charge in [0.05, 0.1) is 6.54 Å². The van der Waals surface area contributed by atoms with Crippen LogP contribution in [0.25, 0.3) is 0 Å². The average Bonchev–Trinajstić information content (AvgIpc) is 2.84. The van der Waals surface area contributed by atoms with Gasteiger partial charge in [0, 0.05) is 24.2 Å². The lowest BCUT2D eigenvalue weighted by molar-refractivity contribution is -0.123. The predicted octanol–water partition coefficient (Wildman–Crippen LogP) is 2.04. The molecule has 0 aromatic rings. The van der Waals surface area contributed by atoms with E-state index in [1.165, 1.54) is 57.8 Å². The molecule has 2 N–H and O–H groups in total. The third kappa shape index (κ3) is 3.98. The molecule has 3 aliphatic rings. The average molecular weight is 293 g/mol.